The minimum absolute atomic E-state index is 0.0485. The van der Waals surface area contributed by atoms with Crippen LogP contribution in [0.5, 0.6) is 5.75 Å². The molecule has 5 nitrogen and oxygen atoms in total. The highest BCUT2D eigenvalue weighted by atomic mass is 19.4. The van der Waals surface area contributed by atoms with E-state index in [4.69, 9.17) is 4.74 Å². The van der Waals surface area contributed by atoms with Gasteiger partial charge in [0, 0.05) is 31.8 Å². The van der Waals surface area contributed by atoms with Crippen molar-refractivity contribution in [2.45, 2.75) is 38.2 Å². The third-order valence-electron chi connectivity index (χ3n) is 5.09. The minimum atomic E-state index is -4.72. The van der Waals surface area contributed by atoms with Crippen LogP contribution in [0.1, 0.15) is 29.5 Å². The fraction of sp³-hybridized carbons (Fsp3) is 0.409. The van der Waals surface area contributed by atoms with Crippen LogP contribution in [0.2, 0.25) is 0 Å². The van der Waals surface area contributed by atoms with Crippen molar-refractivity contribution in [3.8, 4) is 5.75 Å². The second-order valence-electron chi connectivity index (χ2n) is 7.51. The molecular formula is C22H24F4N2O3. The lowest BCUT2D eigenvalue weighted by Crippen LogP contribution is -2.40. The first-order chi connectivity index (χ1) is 14.7. The number of phenols is 1. The van der Waals surface area contributed by atoms with Crippen LogP contribution in [-0.4, -0.2) is 41.7 Å². The fourth-order valence-electron chi connectivity index (χ4n) is 3.57. The molecule has 0 aromatic heterocycles. The Balaban J connectivity index is 1.65. The van der Waals surface area contributed by atoms with E-state index in [1.807, 2.05) is 0 Å². The van der Waals surface area contributed by atoms with E-state index in [2.05, 4.69) is 5.32 Å². The van der Waals surface area contributed by atoms with Crippen molar-refractivity contribution in [1.29, 1.82) is 0 Å². The molecule has 2 N–H and O–H groups in total. The van der Waals surface area contributed by atoms with Gasteiger partial charge in [0.05, 0.1) is 18.2 Å². The van der Waals surface area contributed by atoms with E-state index in [0.717, 1.165) is 25.0 Å². The highest BCUT2D eigenvalue weighted by molar-refractivity contribution is 5.78. The lowest BCUT2D eigenvalue weighted by molar-refractivity contribution is -0.138. The summed E-state index contributed by atoms with van der Waals surface area (Å²) in [4.78, 5) is 14.3. The van der Waals surface area contributed by atoms with Crippen molar-refractivity contribution in [2.75, 3.05) is 19.7 Å². The molecule has 1 amide bonds. The van der Waals surface area contributed by atoms with Gasteiger partial charge >= 0.3 is 6.18 Å². The molecule has 1 fully saturated rings. The predicted molar refractivity (Wildman–Crippen MR) is 106 cm³/mol. The molecule has 2 aromatic rings. The number of aromatic hydroxyl groups is 1. The van der Waals surface area contributed by atoms with Gasteiger partial charge in [0.25, 0.3) is 0 Å². The van der Waals surface area contributed by atoms with E-state index in [1.54, 1.807) is 29.2 Å². The van der Waals surface area contributed by atoms with Crippen molar-refractivity contribution in [3.05, 3.63) is 65.0 Å². The Labute approximate surface area is 177 Å². The Morgan fingerprint density at radius 1 is 1.19 bits per heavy atom. The Morgan fingerprint density at radius 2 is 1.97 bits per heavy atom. The Kier molecular flexibility index (Phi) is 7.50. The molecule has 1 unspecified atom stereocenters. The molecule has 31 heavy (non-hydrogen) atoms. The maximum absolute atomic E-state index is 13.3. The Morgan fingerprint density at radius 3 is 2.65 bits per heavy atom. The second kappa shape index (κ2) is 10.1. The van der Waals surface area contributed by atoms with E-state index in [0.29, 0.717) is 24.8 Å². The summed E-state index contributed by atoms with van der Waals surface area (Å²) in [5.74, 6) is -1.37. The van der Waals surface area contributed by atoms with Crippen molar-refractivity contribution in [2.24, 2.45) is 0 Å². The largest absolute Gasteiger partial charge is 0.508 e. The standard InChI is InChI=1S/C22H24F4N2O3/c23-17-8-7-15(19(10-17)22(24,25)26)11-27-21(30)14-28(13-18-5-3-9-31-18)12-16-4-1-2-6-20(16)29/h1-2,4,6-8,10,18,29H,3,5,9,11-14H2,(H,27,30). The molecule has 1 aliphatic rings. The van der Waals surface area contributed by atoms with Crippen LogP contribution in [0.3, 0.4) is 0 Å². The molecule has 1 atom stereocenters. The van der Waals surface area contributed by atoms with Crippen LogP contribution in [0.15, 0.2) is 42.5 Å². The third kappa shape index (κ3) is 6.67. The number of phenolic OH excluding ortho intramolecular Hbond substituents is 1. The van der Waals surface area contributed by atoms with Gasteiger partial charge in [0.1, 0.15) is 11.6 Å². The average Bonchev–Trinajstić information content (AvgIpc) is 3.21. The van der Waals surface area contributed by atoms with Gasteiger partial charge in [-0.25, -0.2) is 4.39 Å². The molecule has 1 heterocycles. The zero-order valence-corrected chi connectivity index (χ0v) is 16.8. The first-order valence-electron chi connectivity index (χ1n) is 9.95. The molecule has 1 saturated heterocycles. The van der Waals surface area contributed by atoms with Gasteiger partial charge in [0.2, 0.25) is 5.91 Å². The number of rotatable bonds is 8. The molecule has 0 spiro atoms. The topological polar surface area (TPSA) is 61.8 Å². The molecule has 0 aliphatic carbocycles. The number of nitrogens with zero attached hydrogens (tertiary/aromatic N) is 1. The zero-order chi connectivity index (χ0) is 22.4. The first kappa shape index (κ1) is 23.0. The number of benzene rings is 2. The summed E-state index contributed by atoms with van der Waals surface area (Å²) in [6.07, 6.45) is -3.00. The van der Waals surface area contributed by atoms with Gasteiger partial charge in [-0.2, -0.15) is 13.2 Å². The monoisotopic (exact) mass is 440 g/mol. The number of nitrogens with one attached hydrogen (secondary N) is 1. The summed E-state index contributed by atoms with van der Waals surface area (Å²) in [7, 11) is 0. The number of hydrogen-bond acceptors (Lipinski definition) is 4. The summed E-state index contributed by atoms with van der Waals surface area (Å²) in [5, 5.41) is 12.5. The Hall–Kier alpha value is -2.65. The molecule has 0 saturated carbocycles. The van der Waals surface area contributed by atoms with Crippen molar-refractivity contribution < 1.29 is 32.2 Å². The number of amides is 1. The quantitative estimate of drug-likeness (QED) is 0.613. The van der Waals surface area contributed by atoms with Crippen molar-refractivity contribution in [1.82, 2.24) is 10.2 Å². The smallest absolute Gasteiger partial charge is 0.416 e. The molecule has 1 aliphatic heterocycles. The minimum Gasteiger partial charge on any atom is -0.508 e. The summed E-state index contributed by atoms with van der Waals surface area (Å²) in [5.41, 5.74) is -0.696. The van der Waals surface area contributed by atoms with Crippen LogP contribution in [-0.2, 0) is 28.8 Å². The van der Waals surface area contributed by atoms with Gasteiger partial charge in [-0.15, -0.1) is 0 Å². The first-order valence-corrected chi connectivity index (χ1v) is 9.95. The molecule has 3 rings (SSSR count). The summed E-state index contributed by atoms with van der Waals surface area (Å²) in [6.45, 7) is 0.914. The number of carbonyl (C=O) groups excluding carboxylic acids is 1. The lowest BCUT2D eigenvalue weighted by atomic mass is 10.1. The maximum Gasteiger partial charge on any atom is 0.416 e. The number of carbonyl (C=O) groups is 1. The number of para-hydroxylation sites is 1. The lowest BCUT2D eigenvalue weighted by Gasteiger charge is -2.25. The molecule has 0 bridgehead atoms. The predicted octanol–water partition coefficient (Wildman–Crippen LogP) is 3.85. The number of alkyl halides is 3. The summed E-state index contributed by atoms with van der Waals surface area (Å²) in [6, 6.07) is 9.12. The fourth-order valence-corrected chi connectivity index (χ4v) is 3.57. The SMILES string of the molecule is O=C(CN(Cc1ccccc1O)CC1CCCO1)NCc1ccc(F)cc1C(F)(F)F. The normalized spacial score (nSPS) is 16.6. The van der Waals surface area contributed by atoms with Crippen LogP contribution >= 0.6 is 0 Å². The second-order valence-corrected chi connectivity index (χ2v) is 7.51. The van der Waals surface area contributed by atoms with Gasteiger partial charge in [-0.05, 0) is 36.6 Å². The van der Waals surface area contributed by atoms with E-state index >= 15 is 0 Å². The van der Waals surface area contributed by atoms with Gasteiger partial charge in [0.15, 0.2) is 0 Å². The van der Waals surface area contributed by atoms with E-state index in [9.17, 15) is 27.5 Å². The molecule has 9 heteroatoms. The van der Waals surface area contributed by atoms with Crippen LogP contribution < -0.4 is 5.32 Å². The van der Waals surface area contributed by atoms with E-state index in [-0.39, 0.29) is 37.1 Å². The summed E-state index contributed by atoms with van der Waals surface area (Å²) < 4.78 is 58.3. The molecule has 2 aromatic carbocycles. The van der Waals surface area contributed by atoms with Gasteiger partial charge in [-0.1, -0.05) is 24.3 Å². The maximum atomic E-state index is 13.3. The van der Waals surface area contributed by atoms with Crippen LogP contribution in [0.25, 0.3) is 0 Å². The van der Waals surface area contributed by atoms with E-state index < -0.39 is 23.5 Å². The van der Waals surface area contributed by atoms with Crippen LogP contribution in [0, 0.1) is 5.82 Å². The average molecular weight is 440 g/mol. The van der Waals surface area contributed by atoms with Crippen molar-refractivity contribution >= 4 is 5.91 Å². The number of hydrogen-bond donors (Lipinski definition) is 2. The third-order valence-corrected chi connectivity index (χ3v) is 5.09. The van der Waals surface area contributed by atoms with E-state index in [1.165, 1.54) is 0 Å². The zero-order valence-electron chi connectivity index (χ0n) is 16.8. The molecular weight excluding hydrogens is 416 g/mol. The Bertz CT molecular complexity index is 899. The van der Waals surface area contributed by atoms with Crippen LogP contribution in [0.4, 0.5) is 17.6 Å². The highest BCUT2D eigenvalue weighted by Gasteiger charge is 2.33. The van der Waals surface area contributed by atoms with Crippen molar-refractivity contribution in [3.63, 3.8) is 0 Å². The highest BCUT2D eigenvalue weighted by Crippen LogP contribution is 2.32. The molecule has 168 valence electrons. The number of halogens is 4. The summed E-state index contributed by atoms with van der Waals surface area (Å²) >= 11 is 0. The van der Waals surface area contributed by atoms with Gasteiger partial charge < -0.3 is 15.2 Å². The molecule has 0 radical (unpaired) electrons. The number of ether oxygens (including phenoxy) is 1. The van der Waals surface area contributed by atoms with Gasteiger partial charge in [-0.3, -0.25) is 9.69 Å².